The lowest BCUT2D eigenvalue weighted by molar-refractivity contribution is 0.553. The van der Waals surface area contributed by atoms with Crippen LogP contribution >= 0.6 is 0 Å². The first-order valence-corrected chi connectivity index (χ1v) is 8.55. The molecule has 2 rings (SSSR count). The number of nitrogens with zero attached hydrogens (tertiary/aromatic N) is 2. The van der Waals surface area contributed by atoms with Crippen LogP contribution < -0.4 is 5.73 Å². The molecule has 1 aromatic carbocycles. The summed E-state index contributed by atoms with van der Waals surface area (Å²) in [6.07, 6.45) is 1.22. The molecule has 1 aromatic heterocycles. The monoisotopic (exact) mass is 307 g/mol. The lowest BCUT2D eigenvalue weighted by Crippen LogP contribution is -2.29. The van der Waals surface area contributed by atoms with Gasteiger partial charge in [-0.3, -0.25) is 4.68 Å². The van der Waals surface area contributed by atoms with Gasteiger partial charge in [-0.25, -0.2) is 8.42 Å². The molecular weight excluding hydrogens is 286 g/mol. The van der Waals surface area contributed by atoms with Gasteiger partial charge in [0.15, 0.2) is 9.84 Å². The van der Waals surface area contributed by atoms with Gasteiger partial charge in [-0.05, 0) is 31.9 Å². The van der Waals surface area contributed by atoms with Crippen molar-refractivity contribution in [1.29, 1.82) is 0 Å². The Bertz CT molecular complexity index is 789. The van der Waals surface area contributed by atoms with Crippen molar-refractivity contribution in [3.05, 3.63) is 35.5 Å². The van der Waals surface area contributed by atoms with Crippen LogP contribution in [0.1, 0.15) is 25.1 Å². The summed E-state index contributed by atoms with van der Waals surface area (Å²) in [5.74, 6) is 0.469. The predicted octanol–water partition coefficient (Wildman–Crippen LogP) is 2.26. The molecule has 21 heavy (non-hydrogen) atoms. The van der Waals surface area contributed by atoms with Crippen molar-refractivity contribution in [3.8, 4) is 11.1 Å². The Kier molecular flexibility index (Phi) is 3.61. The van der Waals surface area contributed by atoms with E-state index in [1.54, 1.807) is 20.9 Å². The van der Waals surface area contributed by atoms with Crippen LogP contribution in [0.25, 0.3) is 11.1 Å². The van der Waals surface area contributed by atoms with Gasteiger partial charge in [0.2, 0.25) is 0 Å². The number of hydrogen-bond acceptors (Lipinski definition) is 4. The Morgan fingerprint density at radius 1 is 1.24 bits per heavy atom. The van der Waals surface area contributed by atoms with E-state index < -0.39 is 14.6 Å². The molecule has 0 atom stereocenters. The van der Waals surface area contributed by atoms with Crippen molar-refractivity contribution in [2.75, 3.05) is 12.0 Å². The van der Waals surface area contributed by atoms with Gasteiger partial charge in [0.1, 0.15) is 10.6 Å². The quantitative estimate of drug-likeness (QED) is 0.943. The number of aromatic nitrogens is 2. The average molecular weight is 307 g/mol. The Labute approximate surface area is 125 Å². The third-order valence-corrected chi connectivity index (χ3v) is 6.05. The van der Waals surface area contributed by atoms with E-state index in [1.165, 1.54) is 10.9 Å². The fraction of sp³-hybridized carbons (Fsp3) is 0.400. The normalized spacial score (nSPS) is 12.6. The maximum atomic E-state index is 12.2. The summed E-state index contributed by atoms with van der Waals surface area (Å²) < 4.78 is 24.7. The van der Waals surface area contributed by atoms with Crippen LogP contribution in [0, 0.1) is 6.92 Å². The molecule has 2 N–H and O–H groups in total. The largest absolute Gasteiger partial charge is 0.383 e. The first-order chi connectivity index (χ1) is 9.57. The molecule has 0 spiro atoms. The molecule has 0 amide bonds. The molecule has 0 aliphatic rings. The summed E-state index contributed by atoms with van der Waals surface area (Å²) in [4.78, 5) is 0. The van der Waals surface area contributed by atoms with Gasteiger partial charge in [0.05, 0.1) is 5.69 Å². The van der Waals surface area contributed by atoms with Crippen LogP contribution in [0.4, 0.5) is 5.82 Å². The summed E-state index contributed by atoms with van der Waals surface area (Å²) in [5.41, 5.74) is 9.28. The van der Waals surface area contributed by atoms with Gasteiger partial charge in [0.25, 0.3) is 0 Å². The molecule has 0 bridgehead atoms. The summed E-state index contributed by atoms with van der Waals surface area (Å²) >= 11 is 0. The van der Waals surface area contributed by atoms with E-state index in [0.717, 1.165) is 11.1 Å². The first-order valence-electron chi connectivity index (χ1n) is 6.66. The smallest absolute Gasteiger partial charge is 0.158 e. The zero-order valence-electron chi connectivity index (χ0n) is 13.0. The summed E-state index contributed by atoms with van der Waals surface area (Å²) in [6, 6.07) is 7.75. The van der Waals surface area contributed by atoms with Crippen molar-refractivity contribution < 1.29 is 8.42 Å². The molecule has 0 saturated carbocycles. The van der Waals surface area contributed by atoms with E-state index in [2.05, 4.69) is 5.10 Å². The fourth-order valence-corrected chi connectivity index (χ4v) is 2.75. The molecule has 6 heteroatoms. The third-order valence-electron chi connectivity index (χ3n) is 4.00. The van der Waals surface area contributed by atoms with Crippen LogP contribution in [-0.2, 0) is 21.6 Å². The first kappa shape index (κ1) is 15.6. The van der Waals surface area contributed by atoms with Crippen LogP contribution in [0.5, 0.6) is 0 Å². The molecule has 0 aliphatic heterocycles. The molecule has 0 radical (unpaired) electrons. The molecular formula is C15H21N3O2S. The van der Waals surface area contributed by atoms with E-state index in [4.69, 9.17) is 5.73 Å². The molecule has 0 unspecified atom stereocenters. The zero-order chi connectivity index (χ0) is 16.0. The second-order valence-electron chi connectivity index (χ2n) is 5.83. The van der Waals surface area contributed by atoms with Gasteiger partial charge >= 0.3 is 0 Å². The SMILES string of the molecule is Cc1ccccc1-c1c(C(C)(C)S(C)(=O)=O)nn(C)c1N. The summed E-state index contributed by atoms with van der Waals surface area (Å²) in [6.45, 7) is 5.29. The van der Waals surface area contributed by atoms with Crippen LogP contribution in [-0.4, -0.2) is 24.5 Å². The number of nitrogen functional groups attached to an aromatic ring is 1. The zero-order valence-corrected chi connectivity index (χ0v) is 13.8. The fourth-order valence-electron chi connectivity index (χ4n) is 2.25. The maximum Gasteiger partial charge on any atom is 0.158 e. The molecule has 5 nitrogen and oxygen atoms in total. The van der Waals surface area contributed by atoms with Gasteiger partial charge in [0, 0.05) is 18.9 Å². The second kappa shape index (κ2) is 4.87. The highest BCUT2D eigenvalue weighted by Crippen LogP contribution is 2.40. The molecule has 0 aliphatic carbocycles. The topological polar surface area (TPSA) is 78.0 Å². The number of nitrogens with two attached hydrogens (primary N) is 1. The lowest BCUT2D eigenvalue weighted by Gasteiger charge is -2.22. The van der Waals surface area contributed by atoms with Gasteiger partial charge in [-0.2, -0.15) is 5.10 Å². The van der Waals surface area contributed by atoms with E-state index in [9.17, 15) is 8.42 Å². The molecule has 2 aromatic rings. The van der Waals surface area contributed by atoms with Crippen molar-refractivity contribution >= 4 is 15.7 Å². The average Bonchev–Trinajstić information content (AvgIpc) is 2.66. The Morgan fingerprint density at radius 2 is 1.81 bits per heavy atom. The molecule has 0 fully saturated rings. The van der Waals surface area contributed by atoms with Crippen molar-refractivity contribution in [1.82, 2.24) is 9.78 Å². The van der Waals surface area contributed by atoms with E-state index in [1.807, 2.05) is 31.2 Å². The standard InChI is InChI=1S/C15H21N3O2S/c1-10-8-6-7-9-11(10)12-13(17-18(4)14(12)16)15(2,3)21(5,19)20/h6-9H,16H2,1-5H3. The minimum atomic E-state index is -3.33. The highest BCUT2D eigenvalue weighted by Gasteiger charge is 2.38. The lowest BCUT2D eigenvalue weighted by atomic mass is 9.95. The number of aryl methyl sites for hydroxylation is 2. The Morgan fingerprint density at radius 3 is 2.33 bits per heavy atom. The van der Waals surface area contributed by atoms with Crippen molar-refractivity contribution in [2.45, 2.75) is 25.5 Å². The Hall–Kier alpha value is -1.82. The molecule has 0 saturated heterocycles. The van der Waals surface area contributed by atoms with Crippen LogP contribution in [0.3, 0.4) is 0 Å². The van der Waals surface area contributed by atoms with Gasteiger partial charge < -0.3 is 5.73 Å². The number of rotatable bonds is 3. The van der Waals surface area contributed by atoms with Crippen LogP contribution in [0.15, 0.2) is 24.3 Å². The highest BCUT2D eigenvalue weighted by molar-refractivity contribution is 7.91. The van der Waals surface area contributed by atoms with E-state index in [-0.39, 0.29) is 0 Å². The predicted molar refractivity (Wildman–Crippen MR) is 85.7 cm³/mol. The third kappa shape index (κ3) is 2.44. The van der Waals surface area contributed by atoms with Gasteiger partial charge in [-0.1, -0.05) is 24.3 Å². The van der Waals surface area contributed by atoms with Crippen LogP contribution in [0.2, 0.25) is 0 Å². The molecule has 1 heterocycles. The maximum absolute atomic E-state index is 12.2. The minimum absolute atomic E-state index is 0.469. The number of sulfone groups is 1. The van der Waals surface area contributed by atoms with Gasteiger partial charge in [-0.15, -0.1) is 0 Å². The van der Waals surface area contributed by atoms with E-state index >= 15 is 0 Å². The van der Waals surface area contributed by atoms with Crippen molar-refractivity contribution in [3.63, 3.8) is 0 Å². The number of benzene rings is 1. The van der Waals surface area contributed by atoms with E-state index in [0.29, 0.717) is 17.1 Å². The van der Waals surface area contributed by atoms with Crippen molar-refractivity contribution in [2.24, 2.45) is 7.05 Å². The highest BCUT2D eigenvalue weighted by atomic mass is 32.2. The minimum Gasteiger partial charge on any atom is -0.383 e. The number of anilines is 1. The summed E-state index contributed by atoms with van der Waals surface area (Å²) in [5, 5.41) is 4.38. The molecule has 114 valence electrons. The second-order valence-corrected chi connectivity index (χ2v) is 8.39. The Balaban J connectivity index is 2.83. The number of hydrogen-bond donors (Lipinski definition) is 1. The summed E-state index contributed by atoms with van der Waals surface area (Å²) in [7, 11) is -1.61.